The topological polar surface area (TPSA) is 0 Å². The minimum atomic E-state index is 0.273. The summed E-state index contributed by atoms with van der Waals surface area (Å²) in [5.41, 5.74) is 0.547. The van der Waals surface area contributed by atoms with E-state index in [1.807, 2.05) is 0 Å². The van der Waals surface area contributed by atoms with Gasteiger partial charge in [-0.1, -0.05) is 52.0 Å². The Morgan fingerprint density at radius 1 is 0.600 bits per heavy atom. The predicted octanol–water partition coefficient (Wildman–Crippen LogP) is 3.16. The first-order chi connectivity index (χ1) is 4.41. The van der Waals surface area contributed by atoms with Gasteiger partial charge in [-0.05, 0) is 0 Å². The molecule has 1 aliphatic carbocycles. The average molecular weight is 136 g/mol. The van der Waals surface area contributed by atoms with Crippen molar-refractivity contribution in [3.8, 4) is 0 Å². The molecule has 0 radical (unpaired) electrons. The van der Waals surface area contributed by atoms with Crippen LogP contribution in [0.4, 0.5) is 0 Å². The van der Waals surface area contributed by atoms with E-state index < -0.39 is 0 Å². The van der Waals surface area contributed by atoms with Crippen LogP contribution in [0.25, 0.3) is 0 Å². The third-order valence-corrected chi connectivity index (χ3v) is 1.88. The second-order valence-corrected chi connectivity index (χ2v) is 4.31. The standard InChI is InChI=1S/C10H16/c1-9(2)5-7-10(3,4)8-6-9/h5-8H,1-4H3. The fourth-order valence-corrected chi connectivity index (χ4v) is 0.970. The Morgan fingerprint density at radius 2 is 0.800 bits per heavy atom. The van der Waals surface area contributed by atoms with E-state index in [2.05, 4.69) is 52.0 Å². The summed E-state index contributed by atoms with van der Waals surface area (Å²) in [5, 5.41) is 0. The third-order valence-electron chi connectivity index (χ3n) is 1.88. The van der Waals surface area contributed by atoms with E-state index in [1.165, 1.54) is 0 Å². The monoisotopic (exact) mass is 136 g/mol. The van der Waals surface area contributed by atoms with Gasteiger partial charge in [-0.3, -0.25) is 0 Å². The molecule has 0 fully saturated rings. The molecule has 0 heterocycles. The fourth-order valence-electron chi connectivity index (χ4n) is 0.970. The van der Waals surface area contributed by atoms with Gasteiger partial charge in [-0.2, -0.15) is 0 Å². The van der Waals surface area contributed by atoms with Crippen molar-refractivity contribution in [1.29, 1.82) is 0 Å². The highest BCUT2D eigenvalue weighted by atomic mass is 14.2. The second kappa shape index (κ2) is 1.98. The molecule has 0 heteroatoms. The van der Waals surface area contributed by atoms with Crippen molar-refractivity contribution in [3.63, 3.8) is 0 Å². The normalized spacial score (nSPS) is 26.8. The summed E-state index contributed by atoms with van der Waals surface area (Å²) in [6.45, 7) is 8.87. The van der Waals surface area contributed by atoms with Crippen LogP contribution in [0.3, 0.4) is 0 Å². The molecule has 10 heavy (non-hydrogen) atoms. The minimum absolute atomic E-state index is 0.273. The Bertz CT molecular complexity index is 142. The molecule has 0 saturated carbocycles. The lowest BCUT2D eigenvalue weighted by atomic mass is 9.79. The molecule has 1 aliphatic rings. The van der Waals surface area contributed by atoms with E-state index in [9.17, 15) is 0 Å². The van der Waals surface area contributed by atoms with Gasteiger partial charge in [0.1, 0.15) is 0 Å². The van der Waals surface area contributed by atoms with Crippen LogP contribution in [0.15, 0.2) is 24.3 Å². The molecule has 0 atom stereocenters. The number of hydrogen-bond donors (Lipinski definition) is 0. The number of rotatable bonds is 0. The Balaban J connectivity index is 2.81. The van der Waals surface area contributed by atoms with Crippen LogP contribution in [0.1, 0.15) is 27.7 Å². The lowest BCUT2D eigenvalue weighted by Crippen LogP contribution is -2.14. The summed E-state index contributed by atoms with van der Waals surface area (Å²) >= 11 is 0. The zero-order valence-electron chi connectivity index (χ0n) is 7.31. The average Bonchev–Trinajstić information content (AvgIpc) is 1.79. The van der Waals surface area contributed by atoms with Gasteiger partial charge in [0.05, 0.1) is 0 Å². The number of hydrogen-bond acceptors (Lipinski definition) is 0. The van der Waals surface area contributed by atoms with E-state index >= 15 is 0 Å². The Hall–Kier alpha value is -0.520. The predicted molar refractivity (Wildman–Crippen MR) is 45.8 cm³/mol. The van der Waals surface area contributed by atoms with Crippen LogP contribution >= 0.6 is 0 Å². The van der Waals surface area contributed by atoms with Crippen molar-refractivity contribution < 1.29 is 0 Å². The molecule has 0 aromatic carbocycles. The molecule has 0 saturated heterocycles. The largest absolute Gasteiger partial charge is 0.0783 e. The lowest BCUT2D eigenvalue weighted by Gasteiger charge is -2.26. The van der Waals surface area contributed by atoms with Crippen LogP contribution in [-0.2, 0) is 0 Å². The van der Waals surface area contributed by atoms with Crippen LogP contribution < -0.4 is 0 Å². The van der Waals surface area contributed by atoms with E-state index in [0.29, 0.717) is 0 Å². The fraction of sp³-hybridized carbons (Fsp3) is 0.600. The van der Waals surface area contributed by atoms with Gasteiger partial charge in [0.15, 0.2) is 0 Å². The summed E-state index contributed by atoms with van der Waals surface area (Å²) < 4.78 is 0. The first kappa shape index (κ1) is 7.59. The SMILES string of the molecule is CC1(C)C=CC(C)(C)C=C1. The highest BCUT2D eigenvalue weighted by molar-refractivity contribution is 5.21. The maximum atomic E-state index is 2.27. The third kappa shape index (κ3) is 1.73. The summed E-state index contributed by atoms with van der Waals surface area (Å²) in [6.07, 6.45) is 9.08. The molecule has 56 valence electrons. The highest BCUT2D eigenvalue weighted by Crippen LogP contribution is 2.31. The zero-order chi connectivity index (χ0) is 7.83. The van der Waals surface area contributed by atoms with Gasteiger partial charge in [0.2, 0.25) is 0 Å². The van der Waals surface area contributed by atoms with Crippen molar-refractivity contribution in [2.75, 3.05) is 0 Å². The first-order valence-electron chi connectivity index (χ1n) is 3.82. The van der Waals surface area contributed by atoms with Crippen molar-refractivity contribution in [3.05, 3.63) is 24.3 Å². The van der Waals surface area contributed by atoms with Gasteiger partial charge in [-0.25, -0.2) is 0 Å². The Morgan fingerprint density at radius 3 is 1.00 bits per heavy atom. The van der Waals surface area contributed by atoms with Gasteiger partial charge in [0, 0.05) is 10.8 Å². The molecule has 0 aromatic heterocycles. The quantitative estimate of drug-likeness (QED) is 0.449. The van der Waals surface area contributed by atoms with Crippen LogP contribution in [-0.4, -0.2) is 0 Å². The van der Waals surface area contributed by atoms with E-state index in [-0.39, 0.29) is 10.8 Å². The summed E-state index contributed by atoms with van der Waals surface area (Å²) in [5.74, 6) is 0. The van der Waals surface area contributed by atoms with Gasteiger partial charge in [0.25, 0.3) is 0 Å². The molecule has 1 rings (SSSR count). The summed E-state index contributed by atoms with van der Waals surface area (Å²) in [6, 6.07) is 0. The van der Waals surface area contributed by atoms with Gasteiger partial charge >= 0.3 is 0 Å². The van der Waals surface area contributed by atoms with E-state index in [0.717, 1.165) is 0 Å². The number of allylic oxidation sites excluding steroid dienone is 4. The second-order valence-electron chi connectivity index (χ2n) is 4.31. The van der Waals surface area contributed by atoms with Crippen molar-refractivity contribution in [1.82, 2.24) is 0 Å². The maximum absolute atomic E-state index is 2.27. The minimum Gasteiger partial charge on any atom is -0.0783 e. The van der Waals surface area contributed by atoms with Crippen molar-refractivity contribution in [2.45, 2.75) is 27.7 Å². The smallest absolute Gasteiger partial charge is 0.000503 e. The lowest BCUT2D eigenvalue weighted by molar-refractivity contribution is 0.537. The molecular weight excluding hydrogens is 120 g/mol. The molecule has 0 N–H and O–H groups in total. The zero-order valence-corrected chi connectivity index (χ0v) is 7.31. The summed E-state index contributed by atoms with van der Waals surface area (Å²) in [4.78, 5) is 0. The molecule has 0 nitrogen and oxygen atoms in total. The van der Waals surface area contributed by atoms with Crippen molar-refractivity contribution >= 4 is 0 Å². The Kier molecular flexibility index (Phi) is 1.50. The molecular formula is C10H16. The van der Waals surface area contributed by atoms with Crippen molar-refractivity contribution in [2.24, 2.45) is 10.8 Å². The van der Waals surface area contributed by atoms with Crippen LogP contribution in [0.2, 0.25) is 0 Å². The van der Waals surface area contributed by atoms with Crippen LogP contribution in [0.5, 0.6) is 0 Å². The van der Waals surface area contributed by atoms with E-state index in [1.54, 1.807) is 0 Å². The maximum Gasteiger partial charge on any atom is 0.000503 e. The first-order valence-corrected chi connectivity index (χ1v) is 3.82. The van der Waals surface area contributed by atoms with Gasteiger partial charge < -0.3 is 0 Å². The highest BCUT2D eigenvalue weighted by Gasteiger charge is 2.19. The van der Waals surface area contributed by atoms with Crippen LogP contribution in [0, 0.1) is 10.8 Å². The van der Waals surface area contributed by atoms with Gasteiger partial charge in [-0.15, -0.1) is 0 Å². The summed E-state index contributed by atoms with van der Waals surface area (Å²) in [7, 11) is 0. The van der Waals surface area contributed by atoms with E-state index in [4.69, 9.17) is 0 Å². The molecule has 0 amide bonds. The molecule has 0 unspecified atom stereocenters. The Labute approximate surface area is 63.6 Å². The molecule has 0 bridgehead atoms. The molecule has 0 aromatic rings. The molecule has 0 aliphatic heterocycles. The molecule has 0 spiro atoms.